The molecule has 16 heavy (non-hydrogen) atoms. The van der Waals surface area contributed by atoms with Crippen LogP contribution in [0.2, 0.25) is 0 Å². The summed E-state index contributed by atoms with van der Waals surface area (Å²) < 4.78 is 5.13. The van der Waals surface area contributed by atoms with E-state index >= 15 is 0 Å². The van der Waals surface area contributed by atoms with Crippen LogP contribution in [0.25, 0.3) is 0 Å². The van der Waals surface area contributed by atoms with Crippen molar-refractivity contribution in [3.05, 3.63) is 0 Å². The van der Waals surface area contributed by atoms with Crippen molar-refractivity contribution in [2.24, 2.45) is 5.92 Å². The van der Waals surface area contributed by atoms with Crippen molar-refractivity contribution in [2.75, 3.05) is 33.3 Å². The molecule has 92 valence electrons. The summed E-state index contributed by atoms with van der Waals surface area (Å²) in [5, 5.41) is 12.9. The van der Waals surface area contributed by atoms with Crippen molar-refractivity contribution in [1.29, 1.82) is 0 Å². The molecule has 0 spiro atoms. The van der Waals surface area contributed by atoms with Crippen LogP contribution in [0.15, 0.2) is 0 Å². The number of aliphatic hydroxyl groups excluding tert-OH is 1. The third-order valence-corrected chi connectivity index (χ3v) is 3.54. The zero-order valence-electron chi connectivity index (χ0n) is 9.69. The lowest BCUT2D eigenvalue weighted by molar-refractivity contribution is -0.135. The molecule has 0 aliphatic carbocycles. The van der Waals surface area contributed by atoms with Crippen molar-refractivity contribution in [3.63, 3.8) is 0 Å². The predicted molar refractivity (Wildman–Crippen MR) is 59.0 cm³/mol. The lowest BCUT2D eigenvalue weighted by atomic mass is 9.97. The Morgan fingerprint density at radius 2 is 2.06 bits per heavy atom. The van der Waals surface area contributed by atoms with Crippen molar-refractivity contribution in [2.45, 2.75) is 25.0 Å². The van der Waals surface area contributed by atoms with E-state index in [4.69, 9.17) is 4.74 Å². The highest BCUT2D eigenvalue weighted by atomic mass is 16.5. The fourth-order valence-corrected chi connectivity index (χ4v) is 2.50. The largest absolute Gasteiger partial charge is 0.388 e. The Kier molecular flexibility index (Phi) is 3.78. The van der Waals surface area contributed by atoms with Gasteiger partial charge in [0.1, 0.15) is 6.10 Å². The van der Waals surface area contributed by atoms with Gasteiger partial charge in [0.2, 0.25) is 5.91 Å². The second kappa shape index (κ2) is 5.12. The summed E-state index contributed by atoms with van der Waals surface area (Å²) in [4.78, 5) is 13.9. The molecule has 2 fully saturated rings. The van der Waals surface area contributed by atoms with E-state index in [1.165, 1.54) is 0 Å². The van der Waals surface area contributed by atoms with Gasteiger partial charge in [-0.05, 0) is 25.9 Å². The smallest absolute Gasteiger partial charge is 0.225 e. The molecule has 2 rings (SSSR count). The fourth-order valence-electron chi connectivity index (χ4n) is 2.50. The van der Waals surface area contributed by atoms with E-state index in [1.807, 2.05) is 0 Å². The van der Waals surface area contributed by atoms with Gasteiger partial charge in [-0.15, -0.1) is 0 Å². The first-order valence-electron chi connectivity index (χ1n) is 5.92. The van der Waals surface area contributed by atoms with Gasteiger partial charge in [-0.25, -0.2) is 0 Å². The molecule has 2 heterocycles. The van der Waals surface area contributed by atoms with Crippen molar-refractivity contribution >= 4 is 5.91 Å². The Labute approximate surface area is 95.8 Å². The van der Waals surface area contributed by atoms with Gasteiger partial charge in [-0.3, -0.25) is 4.79 Å². The Bertz CT molecular complexity index is 254. The number of hydrogen-bond acceptors (Lipinski definition) is 4. The molecule has 1 amide bonds. The van der Waals surface area contributed by atoms with Crippen molar-refractivity contribution in [1.82, 2.24) is 10.2 Å². The van der Waals surface area contributed by atoms with Gasteiger partial charge in [-0.2, -0.15) is 0 Å². The summed E-state index contributed by atoms with van der Waals surface area (Å²) in [5.41, 5.74) is 0. The van der Waals surface area contributed by atoms with E-state index in [0.29, 0.717) is 13.1 Å². The maximum absolute atomic E-state index is 12.1. The van der Waals surface area contributed by atoms with Gasteiger partial charge in [-0.1, -0.05) is 0 Å². The number of ether oxygens (including phenoxy) is 1. The summed E-state index contributed by atoms with van der Waals surface area (Å²) in [5.74, 6) is 0.309. The normalized spacial score (nSPS) is 32.0. The number of rotatable bonds is 2. The number of nitrogens with zero attached hydrogens (tertiary/aromatic N) is 1. The third-order valence-electron chi connectivity index (χ3n) is 3.54. The average Bonchev–Trinajstić information content (AvgIpc) is 2.71. The first-order chi connectivity index (χ1) is 7.72. The number of aliphatic hydroxyl groups is 1. The monoisotopic (exact) mass is 228 g/mol. The first-order valence-corrected chi connectivity index (χ1v) is 5.92. The van der Waals surface area contributed by atoms with Crippen LogP contribution in [0, 0.1) is 5.92 Å². The lowest BCUT2D eigenvalue weighted by Crippen LogP contribution is -2.40. The second-order valence-corrected chi connectivity index (χ2v) is 4.61. The number of piperidine rings is 1. The van der Waals surface area contributed by atoms with Crippen LogP contribution >= 0.6 is 0 Å². The minimum Gasteiger partial charge on any atom is -0.388 e. The van der Waals surface area contributed by atoms with Crippen molar-refractivity contribution in [3.8, 4) is 0 Å². The molecule has 0 aromatic heterocycles. The van der Waals surface area contributed by atoms with Gasteiger partial charge in [0.15, 0.2) is 0 Å². The van der Waals surface area contributed by atoms with E-state index in [1.54, 1.807) is 12.0 Å². The van der Waals surface area contributed by atoms with Gasteiger partial charge >= 0.3 is 0 Å². The molecular weight excluding hydrogens is 208 g/mol. The molecule has 2 N–H and O–H groups in total. The van der Waals surface area contributed by atoms with Crippen LogP contribution in [0.3, 0.4) is 0 Å². The quantitative estimate of drug-likeness (QED) is 0.650. The van der Waals surface area contributed by atoms with Gasteiger partial charge in [0, 0.05) is 26.1 Å². The summed E-state index contributed by atoms with van der Waals surface area (Å²) >= 11 is 0. The summed E-state index contributed by atoms with van der Waals surface area (Å²) in [6.07, 6.45) is 1.06. The molecule has 0 bridgehead atoms. The number of nitrogens with one attached hydrogen (secondary N) is 1. The summed E-state index contributed by atoms with van der Waals surface area (Å²) in [6.45, 7) is 2.78. The molecule has 0 aromatic carbocycles. The third kappa shape index (κ3) is 2.36. The Morgan fingerprint density at radius 1 is 1.38 bits per heavy atom. The first kappa shape index (κ1) is 11.8. The Balaban J connectivity index is 1.90. The van der Waals surface area contributed by atoms with Crippen LogP contribution in [0.4, 0.5) is 0 Å². The molecule has 0 radical (unpaired) electrons. The van der Waals surface area contributed by atoms with Crippen LogP contribution in [0.5, 0.6) is 0 Å². The van der Waals surface area contributed by atoms with E-state index in [9.17, 15) is 9.90 Å². The van der Waals surface area contributed by atoms with Crippen LogP contribution in [-0.4, -0.2) is 61.4 Å². The predicted octanol–water partition coefficient (Wildman–Crippen LogP) is -0.796. The SMILES string of the molecule is CO[C@H]1CN(C(=O)C2CCNCC2)C[C@@H]1O. The maximum atomic E-state index is 12.1. The maximum Gasteiger partial charge on any atom is 0.225 e. The molecule has 2 atom stereocenters. The number of β-amino-alcohol motifs (C(OH)–C–C–N with tert-alkyl or cyclic N) is 1. The molecule has 2 aliphatic heterocycles. The zero-order chi connectivity index (χ0) is 11.5. The molecule has 2 saturated heterocycles. The zero-order valence-corrected chi connectivity index (χ0v) is 9.69. The summed E-state index contributed by atoms with van der Waals surface area (Å²) in [6, 6.07) is 0. The number of amides is 1. The topological polar surface area (TPSA) is 61.8 Å². The molecule has 2 aliphatic rings. The van der Waals surface area contributed by atoms with E-state index in [0.717, 1.165) is 25.9 Å². The summed E-state index contributed by atoms with van der Waals surface area (Å²) in [7, 11) is 1.58. The fraction of sp³-hybridized carbons (Fsp3) is 0.909. The molecule has 0 aromatic rings. The Hall–Kier alpha value is -0.650. The van der Waals surface area contributed by atoms with Crippen LogP contribution < -0.4 is 5.32 Å². The number of likely N-dealkylation sites (tertiary alicyclic amines) is 1. The minimum atomic E-state index is -0.532. The molecule has 0 unspecified atom stereocenters. The highest BCUT2D eigenvalue weighted by Crippen LogP contribution is 2.20. The van der Waals surface area contributed by atoms with Gasteiger partial charge in [0.05, 0.1) is 6.10 Å². The van der Waals surface area contributed by atoms with E-state index in [2.05, 4.69) is 5.32 Å². The standard InChI is InChI=1S/C11H20N2O3/c1-16-10-7-13(6-9(10)14)11(15)8-2-4-12-5-3-8/h8-10,12,14H,2-7H2,1H3/t9-,10-/m0/s1. The number of carbonyl (C=O) groups excluding carboxylic acids is 1. The van der Waals surface area contributed by atoms with E-state index in [-0.39, 0.29) is 17.9 Å². The highest BCUT2D eigenvalue weighted by molar-refractivity contribution is 5.79. The second-order valence-electron chi connectivity index (χ2n) is 4.61. The number of hydrogen-bond donors (Lipinski definition) is 2. The Morgan fingerprint density at radius 3 is 2.62 bits per heavy atom. The molecule has 5 nitrogen and oxygen atoms in total. The molecule has 0 saturated carbocycles. The average molecular weight is 228 g/mol. The highest BCUT2D eigenvalue weighted by Gasteiger charge is 2.36. The van der Waals surface area contributed by atoms with Crippen molar-refractivity contribution < 1.29 is 14.6 Å². The molecular formula is C11H20N2O3. The van der Waals surface area contributed by atoms with Gasteiger partial charge < -0.3 is 20.1 Å². The van der Waals surface area contributed by atoms with Gasteiger partial charge in [0.25, 0.3) is 0 Å². The van der Waals surface area contributed by atoms with Crippen LogP contribution in [0.1, 0.15) is 12.8 Å². The minimum absolute atomic E-state index is 0.129. The van der Waals surface area contributed by atoms with Crippen LogP contribution in [-0.2, 0) is 9.53 Å². The number of carbonyl (C=O) groups is 1. The molecule has 5 heteroatoms. The lowest BCUT2D eigenvalue weighted by Gasteiger charge is -2.26. The van der Waals surface area contributed by atoms with E-state index < -0.39 is 6.10 Å². The number of methoxy groups -OCH3 is 1.